The fourth-order valence-electron chi connectivity index (χ4n) is 3.82. The molecule has 174 valence electrons. The zero-order chi connectivity index (χ0) is 23.7. The van der Waals surface area contributed by atoms with Crippen LogP contribution in [0.4, 0.5) is 16.0 Å². The number of rotatable bonds is 7. The minimum Gasteiger partial charge on any atom is -0.479 e. The molecule has 9 nitrogen and oxygen atoms in total. The molecule has 2 fully saturated rings. The van der Waals surface area contributed by atoms with Gasteiger partial charge in [-0.3, -0.25) is 9.59 Å². The molecule has 0 bridgehead atoms. The van der Waals surface area contributed by atoms with Crippen LogP contribution in [0.3, 0.4) is 0 Å². The van der Waals surface area contributed by atoms with E-state index in [0.717, 1.165) is 0 Å². The lowest BCUT2D eigenvalue weighted by atomic mass is 9.97. The lowest BCUT2D eigenvalue weighted by Crippen LogP contribution is -2.50. The van der Waals surface area contributed by atoms with Gasteiger partial charge in [0.25, 0.3) is 5.91 Å². The number of Topliss-reactive ketones (excluding diaryl/α,β-unsaturated/α-hetero) is 1. The van der Waals surface area contributed by atoms with Crippen LogP contribution in [-0.4, -0.2) is 52.4 Å². The molecule has 1 atom stereocenters. The number of hydrogen-bond donors (Lipinski definition) is 0. The molecule has 0 unspecified atom stereocenters. The second kappa shape index (κ2) is 9.05. The van der Waals surface area contributed by atoms with Crippen molar-refractivity contribution in [1.82, 2.24) is 15.0 Å². The molecule has 0 saturated carbocycles. The van der Waals surface area contributed by atoms with Gasteiger partial charge in [-0.2, -0.15) is 0 Å². The van der Waals surface area contributed by atoms with Gasteiger partial charge < -0.3 is 19.3 Å². The van der Waals surface area contributed by atoms with Crippen LogP contribution in [-0.2, 0) is 9.59 Å². The van der Waals surface area contributed by atoms with E-state index in [-0.39, 0.29) is 23.4 Å². The second-order valence-corrected chi connectivity index (χ2v) is 8.23. The Balaban J connectivity index is 1.16. The molecule has 1 amide bonds. The topological polar surface area (TPSA) is 97.8 Å². The summed E-state index contributed by atoms with van der Waals surface area (Å²) in [5.74, 6) is 1.47. The molecule has 1 aromatic carbocycles. The molecule has 2 aliphatic rings. The Hall–Kier alpha value is -4.08. The first-order valence-corrected chi connectivity index (χ1v) is 10.9. The van der Waals surface area contributed by atoms with Crippen LogP contribution in [0.2, 0.25) is 0 Å². The van der Waals surface area contributed by atoms with Crippen molar-refractivity contribution in [3.8, 4) is 17.4 Å². The van der Waals surface area contributed by atoms with Gasteiger partial charge in [0.05, 0.1) is 30.2 Å². The average Bonchev–Trinajstić information content (AvgIpc) is 3.16. The number of carbonyl (C=O) groups excluding carboxylic acids is 2. The van der Waals surface area contributed by atoms with Crippen LogP contribution < -0.4 is 19.3 Å². The molecular weight excluding hydrogens is 441 g/mol. The Kier molecular flexibility index (Phi) is 5.79. The van der Waals surface area contributed by atoms with Crippen LogP contribution in [0.5, 0.6) is 17.4 Å². The molecule has 10 heteroatoms. The lowest BCUT2D eigenvalue weighted by Gasteiger charge is -2.37. The maximum absolute atomic E-state index is 13.0. The summed E-state index contributed by atoms with van der Waals surface area (Å²) in [7, 11) is 0. The first kappa shape index (κ1) is 21.7. The summed E-state index contributed by atoms with van der Waals surface area (Å²) in [4.78, 5) is 40.7. The predicted octanol–water partition coefficient (Wildman–Crippen LogP) is 3.01. The Morgan fingerprint density at radius 3 is 2.35 bits per heavy atom. The van der Waals surface area contributed by atoms with Crippen LogP contribution in [0, 0.1) is 11.7 Å². The van der Waals surface area contributed by atoms with Gasteiger partial charge >= 0.3 is 0 Å². The van der Waals surface area contributed by atoms with E-state index in [0.29, 0.717) is 55.1 Å². The monoisotopic (exact) mass is 463 g/mol. The first-order chi connectivity index (χ1) is 16.5. The molecule has 4 heterocycles. The number of ketones is 1. The number of amides is 1. The highest BCUT2D eigenvalue weighted by Gasteiger charge is 2.35. The molecule has 2 aliphatic heterocycles. The Bertz CT molecular complexity index is 1180. The van der Waals surface area contributed by atoms with E-state index in [1.54, 1.807) is 36.4 Å². The largest absolute Gasteiger partial charge is 0.479 e. The number of benzene rings is 1. The summed E-state index contributed by atoms with van der Waals surface area (Å²) in [5.41, 5.74) is 0.602. The van der Waals surface area contributed by atoms with Gasteiger partial charge in [-0.05, 0) is 37.3 Å². The summed E-state index contributed by atoms with van der Waals surface area (Å²) >= 11 is 0. The fraction of sp³-hybridized carbons (Fsp3) is 0.292. The van der Waals surface area contributed by atoms with Gasteiger partial charge in [0.2, 0.25) is 11.8 Å². The maximum Gasteiger partial charge on any atom is 0.268 e. The third kappa shape index (κ3) is 4.52. The number of ether oxygens (including phenoxy) is 2. The molecular formula is C24H22FN5O4. The Morgan fingerprint density at radius 2 is 1.71 bits per heavy atom. The normalized spacial score (nSPS) is 18.1. The molecule has 3 aromatic rings. The standard InChI is InChI=1S/C24H22FN5O4/c1-15(31)16-13-29(14-16)24-27-10-18(11-28-24)30-9-8-21(23(30)32)33-20-6-7-22(26-12-20)34-19-4-2-17(25)3-5-19/h2-7,10-12,16,21H,8-9,13-14H2,1H3/t21-/m1/s1. The third-order valence-electron chi connectivity index (χ3n) is 5.86. The highest BCUT2D eigenvalue weighted by molar-refractivity contribution is 5.98. The Morgan fingerprint density at radius 1 is 1.00 bits per heavy atom. The molecule has 2 aromatic heterocycles. The van der Waals surface area contributed by atoms with Crippen molar-refractivity contribution in [2.24, 2.45) is 5.92 Å². The zero-order valence-corrected chi connectivity index (χ0v) is 18.4. The van der Waals surface area contributed by atoms with E-state index in [1.807, 2.05) is 4.90 Å². The van der Waals surface area contributed by atoms with Crippen molar-refractivity contribution in [2.45, 2.75) is 19.4 Å². The summed E-state index contributed by atoms with van der Waals surface area (Å²) in [6.07, 6.45) is 4.59. The van der Waals surface area contributed by atoms with Gasteiger partial charge in [0.15, 0.2) is 6.10 Å². The van der Waals surface area contributed by atoms with E-state index in [9.17, 15) is 14.0 Å². The van der Waals surface area contributed by atoms with Crippen LogP contribution in [0.15, 0.2) is 55.0 Å². The quantitative estimate of drug-likeness (QED) is 0.528. The first-order valence-electron chi connectivity index (χ1n) is 10.9. The summed E-state index contributed by atoms with van der Waals surface area (Å²) in [5, 5.41) is 0. The van der Waals surface area contributed by atoms with Gasteiger partial charge in [-0.1, -0.05) is 0 Å². The van der Waals surface area contributed by atoms with Crippen molar-refractivity contribution in [2.75, 3.05) is 29.4 Å². The van der Waals surface area contributed by atoms with Crippen LogP contribution >= 0.6 is 0 Å². The zero-order valence-electron chi connectivity index (χ0n) is 18.4. The van der Waals surface area contributed by atoms with Crippen molar-refractivity contribution in [3.63, 3.8) is 0 Å². The minimum atomic E-state index is -0.642. The van der Waals surface area contributed by atoms with Crippen molar-refractivity contribution in [1.29, 1.82) is 0 Å². The smallest absolute Gasteiger partial charge is 0.268 e. The van der Waals surface area contributed by atoms with Crippen LogP contribution in [0.1, 0.15) is 13.3 Å². The summed E-state index contributed by atoms with van der Waals surface area (Å²) in [6, 6.07) is 8.91. The minimum absolute atomic E-state index is 0.0411. The number of pyridine rings is 1. The van der Waals surface area contributed by atoms with E-state index >= 15 is 0 Å². The van der Waals surface area contributed by atoms with E-state index < -0.39 is 6.10 Å². The maximum atomic E-state index is 13.0. The third-order valence-corrected chi connectivity index (χ3v) is 5.86. The molecule has 0 radical (unpaired) electrons. The van der Waals surface area contributed by atoms with Gasteiger partial charge in [-0.15, -0.1) is 0 Å². The summed E-state index contributed by atoms with van der Waals surface area (Å²) in [6.45, 7) is 3.32. The lowest BCUT2D eigenvalue weighted by molar-refractivity contribution is -0.123. The average molecular weight is 463 g/mol. The van der Waals surface area contributed by atoms with Crippen molar-refractivity contribution in [3.05, 3.63) is 60.8 Å². The number of anilines is 2. The molecule has 5 rings (SSSR count). The number of hydrogen-bond acceptors (Lipinski definition) is 8. The van der Waals surface area contributed by atoms with Gasteiger partial charge in [0, 0.05) is 32.1 Å². The van der Waals surface area contributed by atoms with Gasteiger partial charge in [0.1, 0.15) is 23.1 Å². The van der Waals surface area contributed by atoms with Gasteiger partial charge in [-0.25, -0.2) is 19.3 Å². The fourth-order valence-corrected chi connectivity index (χ4v) is 3.82. The van der Waals surface area contributed by atoms with E-state index in [2.05, 4.69) is 15.0 Å². The van der Waals surface area contributed by atoms with E-state index in [4.69, 9.17) is 9.47 Å². The molecule has 2 saturated heterocycles. The van der Waals surface area contributed by atoms with Crippen LogP contribution in [0.25, 0.3) is 0 Å². The molecule has 0 spiro atoms. The SMILES string of the molecule is CC(=O)C1CN(c2ncc(N3CC[C@@H](Oc4ccc(Oc5ccc(F)cc5)nc4)C3=O)cn2)C1. The molecule has 0 aliphatic carbocycles. The van der Waals surface area contributed by atoms with Crippen molar-refractivity contribution < 1.29 is 23.5 Å². The number of aromatic nitrogens is 3. The predicted molar refractivity (Wildman–Crippen MR) is 121 cm³/mol. The number of carbonyl (C=O) groups is 2. The highest BCUT2D eigenvalue weighted by atomic mass is 19.1. The number of nitrogens with zero attached hydrogens (tertiary/aromatic N) is 5. The number of halogens is 1. The Labute approximate surface area is 195 Å². The molecule has 0 N–H and O–H groups in total. The highest BCUT2D eigenvalue weighted by Crippen LogP contribution is 2.27. The molecule has 34 heavy (non-hydrogen) atoms. The van der Waals surface area contributed by atoms with Crippen molar-refractivity contribution >= 4 is 23.3 Å². The second-order valence-electron chi connectivity index (χ2n) is 8.23. The van der Waals surface area contributed by atoms with E-state index in [1.165, 1.54) is 30.5 Å². The summed E-state index contributed by atoms with van der Waals surface area (Å²) < 4.78 is 24.4.